The Labute approximate surface area is 125 Å². The van der Waals surface area contributed by atoms with Crippen LogP contribution < -0.4 is 0 Å². The van der Waals surface area contributed by atoms with E-state index in [1.807, 2.05) is 56.3 Å². The van der Waals surface area contributed by atoms with Gasteiger partial charge in [-0.3, -0.25) is 4.79 Å². The monoisotopic (exact) mass is 290 g/mol. The zero-order chi connectivity index (χ0) is 15.3. The number of hydrogen-bond acceptors (Lipinski definition) is 4. The van der Waals surface area contributed by atoms with Crippen molar-refractivity contribution in [2.24, 2.45) is 0 Å². The third-order valence-electron chi connectivity index (χ3n) is 3.31. The second kappa shape index (κ2) is 6.87. The van der Waals surface area contributed by atoms with Gasteiger partial charge in [-0.25, -0.2) is 0 Å². The van der Waals surface area contributed by atoms with E-state index in [0.717, 1.165) is 5.56 Å². The van der Waals surface area contributed by atoms with Crippen LogP contribution in [0.4, 0.5) is 0 Å². The van der Waals surface area contributed by atoms with Crippen LogP contribution in [0.1, 0.15) is 32.3 Å². The minimum absolute atomic E-state index is 0.0800. The zero-order valence-electron chi connectivity index (χ0n) is 12.7. The van der Waals surface area contributed by atoms with Gasteiger partial charge in [0.05, 0.1) is 25.7 Å². The Morgan fingerprint density at radius 3 is 2.71 bits per heavy atom. The number of carbonyl (C=O) groups is 1. The van der Waals surface area contributed by atoms with Gasteiger partial charge in [-0.2, -0.15) is 0 Å². The van der Waals surface area contributed by atoms with Gasteiger partial charge in [0.25, 0.3) is 0 Å². The van der Waals surface area contributed by atoms with Crippen LogP contribution in [-0.4, -0.2) is 31.1 Å². The van der Waals surface area contributed by atoms with Gasteiger partial charge in [-0.15, -0.1) is 0 Å². The topological polar surface area (TPSA) is 44.8 Å². The van der Waals surface area contributed by atoms with Crippen LogP contribution in [0.25, 0.3) is 6.08 Å². The summed E-state index contributed by atoms with van der Waals surface area (Å²) in [5, 5.41) is 0. The lowest BCUT2D eigenvalue weighted by atomic mass is 10.0. The predicted octanol–water partition coefficient (Wildman–Crippen LogP) is 3.17. The molecule has 0 aromatic heterocycles. The molecular formula is C17H22O4. The lowest BCUT2D eigenvalue weighted by molar-refractivity contribution is -0.290. The van der Waals surface area contributed by atoms with Crippen molar-refractivity contribution in [2.75, 3.05) is 7.11 Å². The van der Waals surface area contributed by atoms with Crippen LogP contribution in [0.2, 0.25) is 0 Å². The van der Waals surface area contributed by atoms with Gasteiger partial charge in [-0.05, 0) is 19.4 Å². The van der Waals surface area contributed by atoms with Gasteiger partial charge in [0.15, 0.2) is 5.79 Å². The van der Waals surface area contributed by atoms with Gasteiger partial charge in [0, 0.05) is 6.42 Å². The SMILES string of the molecule is COC(=O)C[C@H]1C[C@@H](/C=C/c2ccccc2)OC(C)(C)O1. The zero-order valence-corrected chi connectivity index (χ0v) is 12.7. The summed E-state index contributed by atoms with van der Waals surface area (Å²) < 4.78 is 16.4. The Balaban J connectivity index is 2.02. The summed E-state index contributed by atoms with van der Waals surface area (Å²) in [4.78, 5) is 11.4. The van der Waals surface area contributed by atoms with Crippen LogP contribution >= 0.6 is 0 Å². The van der Waals surface area contributed by atoms with Crippen molar-refractivity contribution in [1.82, 2.24) is 0 Å². The summed E-state index contributed by atoms with van der Waals surface area (Å²) in [6.07, 6.45) is 4.67. The summed E-state index contributed by atoms with van der Waals surface area (Å²) in [6.45, 7) is 3.72. The molecule has 1 saturated heterocycles. The fourth-order valence-corrected chi connectivity index (χ4v) is 2.44. The number of esters is 1. The largest absolute Gasteiger partial charge is 0.469 e. The van der Waals surface area contributed by atoms with Gasteiger partial charge in [-0.1, -0.05) is 42.5 Å². The fraction of sp³-hybridized carbons (Fsp3) is 0.471. The van der Waals surface area contributed by atoms with Crippen molar-refractivity contribution in [3.63, 3.8) is 0 Å². The van der Waals surface area contributed by atoms with Crippen LogP contribution in [0, 0.1) is 0 Å². The molecule has 1 heterocycles. The molecule has 21 heavy (non-hydrogen) atoms. The molecule has 1 aromatic carbocycles. The second-order valence-electron chi connectivity index (χ2n) is 5.58. The first-order chi connectivity index (χ1) is 9.98. The van der Waals surface area contributed by atoms with Crippen LogP contribution in [0.15, 0.2) is 36.4 Å². The maximum atomic E-state index is 11.4. The maximum Gasteiger partial charge on any atom is 0.308 e. The molecule has 0 N–H and O–H groups in total. The van der Waals surface area contributed by atoms with Crippen molar-refractivity contribution in [3.8, 4) is 0 Å². The molecule has 0 radical (unpaired) electrons. The van der Waals surface area contributed by atoms with Gasteiger partial charge in [0.2, 0.25) is 0 Å². The van der Waals surface area contributed by atoms with E-state index >= 15 is 0 Å². The average molecular weight is 290 g/mol. The van der Waals surface area contributed by atoms with Gasteiger partial charge < -0.3 is 14.2 Å². The minimum Gasteiger partial charge on any atom is -0.469 e. The molecule has 0 aliphatic carbocycles. The number of methoxy groups -OCH3 is 1. The van der Waals surface area contributed by atoms with Crippen molar-refractivity contribution < 1.29 is 19.0 Å². The van der Waals surface area contributed by atoms with Crippen molar-refractivity contribution >= 4 is 12.0 Å². The Morgan fingerprint density at radius 1 is 1.33 bits per heavy atom. The Kier molecular flexibility index (Phi) is 5.15. The Bertz CT molecular complexity index is 493. The number of carbonyl (C=O) groups excluding carboxylic acids is 1. The molecule has 4 heteroatoms. The molecule has 1 aliphatic heterocycles. The first-order valence-electron chi connectivity index (χ1n) is 7.14. The molecule has 114 valence electrons. The first-order valence-corrected chi connectivity index (χ1v) is 7.14. The van der Waals surface area contributed by atoms with Crippen molar-refractivity contribution in [1.29, 1.82) is 0 Å². The maximum absolute atomic E-state index is 11.4. The predicted molar refractivity (Wildman–Crippen MR) is 80.6 cm³/mol. The van der Waals surface area contributed by atoms with E-state index in [0.29, 0.717) is 6.42 Å². The van der Waals surface area contributed by atoms with E-state index in [1.54, 1.807) is 0 Å². The molecule has 1 aromatic rings. The highest BCUT2D eigenvalue weighted by Gasteiger charge is 2.35. The first kappa shape index (κ1) is 15.7. The Hall–Kier alpha value is -1.65. The van der Waals surface area contributed by atoms with Gasteiger partial charge in [0.1, 0.15) is 0 Å². The van der Waals surface area contributed by atoms with E-state index in [1.165, 1.54) is 7.11 Å². The molecule has 1 fully saturated rings. The van der Waals surface area contributed by atoms with Crippen molar-refractivity contribution in [3.05, 3.63) is 42.0 Å². The average Bonchev–Trinajstić information content (AvgIpc) is 2.44. The third kappa shape index (κ3) is 4.99. The number of hydrogen-bond donors (Lipinski definition) is 0. The molecule has 0 saturated carbocycles. The van der Waals surface area contributed by atoms with Gasteiger partial charge >= 0.3 is 5.97 Å². The highest BCUT2D eigenvalue weighted by atomic mass is 16.7. The molecule has 2 atom stereocenters. The third-order valence-corrected chi connectivity index (χ3v) is 3.31. The number of ether oxygens (including phenoxy) is 3. The lowest BCUT2D eigenvalue weighted by Gasteiger charge is -2.39. The van der Waals surface area contributed by atoms with Crippen molar-refractivity contribution in [2.45, 2.75) is 44.7 Å². The summed E-state index contributed by atoms with van der Waals surface area (Å²) in [5.41, 5.74) is 1.12. The second-order valence-corrected chi connectivity index (χ2v) is 5.58. The molecule has 2 rings (SSSR count). The fourth-order valence-electron chi connectivity index (χ4n) is 2.44. The normalized spacial score (nSPS) is 24.9. The number of benzene rings is 1. The van der Waals surface area contributed by atoms with E-state index < -0.39 is 5.79 Å². The molecule has 0 bridgehead atoms. The summed E-state index contributed by atoms with van der Waals surface area (Å²) >= 11 is 0. The molecule has 4 nitrogen and oxygen atoms in total. The minimum atomic E-state index is -0.706. The van der Waals surface area contributed by atoms with E-state index in [4.69, 9.17) is 14.2 Å². The summed E-state index contributed by atoms with van der Waals surface area (Å²) in [6, 6.07) is 10.0. The van der Waals surface area contributed by atoms with E-state index in [-0.39, 0.29) is 24.6 Å². The molecular weight excluding hydrogens is 268 g/mol. The summed E-state index contributed by atoms with van der Waals surface area (Å²) in [7, 11) is 1.39. The summed E-state index contributed by atoms with van der Waals surface area (Å²) in [5.74, 6) is -0.966. The quantitative estimate of drug-likeness (QED) is 0.799. The highest BCUT2D eigenvalue weighted by molar-refractivity contribution is 5.69. The standard InChI is InChI=1S/C17H22O4/c1-17(2)20-14(10-9-13-7-5-4-6-8-13)11-15(21-17)12-16(18)19-3/h4-10,14-15H,11-12H2,1-3H3/b10-9+/t14-,15-/m1/s1. The highest BCUT2D eigenvalue weighted by Crippen LogP contribution is 2.29. The van der Waals surface area contributed by atoms with Crippen LogP contribution in [0.5, 0.6) is 0 Å². The smallest absolute Gasteiger partial charge is 0.308 e. The lowest BCUT2D eigenvalue weighted by Crippen LogP contribution is -2.44. The van der Waals surface area contributed by atoms with Crippen LogP contribution in [0.3, 0.4) is 0 Å². The molecule has 1 aliphatic rings. The van der Waals surface area contributed by atoms with E-state index in [2.05, 4.69) is 0 Å². The number of rotatable bonds is 4. The van der Waals surface area contributed by atoms with E-state index in [9.17, 15) is 4.79 Å². The molecule has 0 amide bonds. The Morgan fingerprint density at radius 2 is 2.05 bits per heavy atom. The van der Waals surface area contributed by atoms with Crippen LogP contribution in [-0.2, 0) is 19.0 Å². The molecule has 0 spiro atoms. The molecule has 0 unspecified atom stereocenters.